The van der Waals surface area contributed by atoms with Crippen LogP contribution in [0.3, 0.4) is 0 Å². The van der Waals surface area contributed by atoms with Crippen molar-refractivity contribution in [3.63, 3.8) is 0 Å². The van der Waals surface area contributed by atoms with E-state index >= 15 is 0 Å². The number of hydrogen-bond donors (Lipinski definition) is 0. The van der Waals surface area contributed by atoms with Crippen molar-refractivity contribution in [3.05, 3.63) is 11.7 Å². The third kappa shape index (κ3) is 2.99. The lowest BCUT2D eigenvalue weighted by Gasteiger charge is -2.24. The van der Waals surface area contributed by atoms with Crippen LogP contribution in [0.5, 0.6) is 0 Å². The zero-order valence-electron chi connectivity index (χ0n) is 11.7. The Morgan fingerprint density at radius 1 is 1.30 bits per heavy atom. The zero-order valence-corrected chi connectivity index (χ0v) is 11.7. The molecule has 1 aromatic heterocycles. The van der Waals surface area contributed by atoms with Crippen molar-refractivity contribution in [2.75, 3.05) is 32.8 Å². The lowest BCUT2D eigenvalue weighted by atomic mass is 10.2. The quantitative estimate of drug-likeness (QED) is 0.732. The van der Waals surface area contributed by atoms with Crippen LogP contribution in [0.25, 0.3) is 0 Å². The van der Waals surface area contributed by atoms with Gasteiger partial charge in [-0.1, -0.05) is 5.16 Å². The summed E-state index contributed by atoms with van der Waals surface area (Å²) in [5, 5.41) is 3.93. The molecule has 3 rings (SSSR count). The molecule has 0 radical (unpaired) electrons. The molecular weight excluding hydrogens is 260 g/mol. The molecule has 2 aliphatic rings. The Kier molecular flexibility index (Phi) is 3.98. The molecule has 1 aromatic rings. The van der Waals surface area contributed by atoms with Gasteiger partial charge in [0.25, 0.3) is 0 Å². The number of hydrogen-bond acceptors (Lipinski definition) is 7. The van der Waals surface area contributed by atoms with Gasteiger partial charge in [0.1, 0.15) is 6.04 Å². The number of carbonyl (C=O) groups is 1. The summed E-state index contributed by atoms with van der Waals surface area (Å²) in [7, 11) is 0. The summed E-state index contributed by atoms with van der Waals surface area (Å²) in [5.74, 6) is 1.27. The normalized spacial score (nSPS) is 25.6. The number of aryl methyl sites for hydroxylation is 1. The van der Waals surface area contributed by atoms with E-state index in [0.29, 0.717) is 19.0 Å². The summed E-state index contributed by atoms with van der Waals surface area (Å²) in [6.45, 7) is 6.81. The van der Waals surface area contributed by atoms with Crippen LogP contribution < -0.4 is 0 Å². The van der Waals surface area contributed by atoms with Crippen LogP contribution in [-0.4, -0.2) is 64.7 Å². The van der Waals surface area contributed by atoms with Crippen LogP contribution in [0.1, 0.15) is 24.6 Å². The molecular formula is C13H20N4O3. The lowest BCUT2D eigenvalue weighted by Crippen LogP contribution is -2.41. The van der Waals surface area contributed by atoms with Crippen molar-refractivity contribution in [2.24, 2.45) is 0 Å². The summed E-state index contributed by atoms with van der Waals surface area (Å²) in [6, 6.07) is -0.0395. The van der Waals surface area contributed by atoms with Crippen LogP contribution in [0.15, 0.2) is 4.52 Å². The maximum absolute atomic E-state index is 11.7. The van der Waals surface area contributed by atoms with Crippen LogP contribution in [0, 0.1) is 6.92 Å². The molecule has 2 saturated heterocycles. The number of ether oxygens (including phenoxy) is 1. The van der Waals surface area contributed by atoms with Gasteiger partial charge in [-0.3, -0.25) is 14.6 Å². The average molecular weight is 280 g/mol. The van der Waals surface area contributed by atoms with Crippen molar-refractivity contribution in [1.82, 2.24) is 19.9 Å². The second-order valence-electron chi connectivity index (χ2n) is 5.37. The van der Waals surface area contributed by atoms with Gasteiger partial charge >= 0.3 is 5.97 Å². The molecule has 7 nitrogen and oxygen atoms in total. The minimum atomic E-state index is -0.0627. The van der Waals surface area contributed by atoms with E-state index in [-0.39, 0.29) is 12.0 Å². The second-order valence-corrected chi connectivity index (χ2v) is 5.37. The van der Waals surface area contributed by atoms with E-state index in [1.807, 2.05) is 0 Å². The second kappa shape index (κ2) is 5.88. The minimum absolute atomic E-state index is 0.0395. The van der Waals surface area contributed by atoms with Crippen molar-refractivity contribution in [3.8, 4) is 0 Å². The lowest BCUT2D eigenvalue weighted by molar-refractivity contribution is -0.142. The topological polar surface area (TPSA) is 71.7 Å². The van der Waals surface area contributed by atoms with Crippen molar-refractivity contribution in [1.29, 1.82) is 0 Å². The number of cyclic esters (lactones) is 1. The van der Waals surface area contributed by atoms with Crippen molar-refractivity contribution >= 4 is 5.97 Å². The third-order valence-corrected chi connectivity index (χ3v) is 3.91. The number of rotatable bonds is 3. The fourth-order valence-corrected chi connectivity index (χ4v) is 2.88. The summed E-state index contributed by atoms with van der Waals surface area (Å²) < 4.78 is 10.1. The molecule has 2 aliphatic heterocycles. The van der Waals surface area contributed by atoms with Gasteiger partial charge in [-0.05, 0) is 13.0 Å². The first-order valence-corrected chi connectivity index (χ1v) is 7.14. The van der Waals surface area contributed by atoms with Crippen LogP contribution in [0.4, 0.5) is 0 Å². The highest BCUT2D eigenvalue weighted by atomic mass is 16.5. The molecule has 1 unspecified atom stereocenters. The highest BCUT2D eigenvalue weighted by molar-refractivity contribution is 5.77. The van der Waals surface area contributed by atoms with E-state index in [0.717, 1.165) is 44.8 Å². The number of carbonyl (C=O) groups excluding carboxylic acids is 1. The first-order valence-electron chi connectivity index (χ1n) is 7.14. The molecule has 110 valence electrons. The molecule has 0 bridgehead atoms. The van der Waals surface area contributed by atoms with Gasteiger partial charge in [0.05, 0.1) is 13.2 Å². The Balaban J connectivity index is 1.55. The molecule has 0 amide bonds. The predicted molar refractivity (Wildman–Crippen MR) is 69.9 cm³/mol. The molecule has 20 heavy (non-hydrogen) atoms. The fraction of sp³-hybridized carbons (Fsp3) is 0.769. The Hall–Kier alpha value is -1.47. The van der Waals surface area contributed by atoms with Gasteiger partial charge in [-0.15, -0.1) is 0 Å². The van der Waals surface area contributed by atoms with Gasteiger partial charge in [-0.25, -0.2) is 0 Å². The summed E-state index contributed by atoms with van der Waals surface area (Å²) in [5.41, 5.74) is 0. The molecule has 0 aliphatic carbocycles. The van der Waals surface area contributed by atoms with E-state index in [2.05, 4.69) is 19.9 Å². The first-order chi connectivity index (χ1) is 9.72. The van der Waals surface area contributed by atoms with Crippen LogP contribution in [0.2, 0.25) is 0 Å². The molecule has 0 saturated carbocycles. The van der Waals surface area contributed by atoms with E-state index in [1.54, 1.807) is 6.92 Å². The monoisotopic (exact) mass is 280 g/mol. The standard InChI is InChI=1S/C13H20N4O3/c1-10-14-12(15-20-10)9-16-4-2-5-17(7-6-16)11-3-8-19-13(11)18/h11H,2-9H2,1H3. The van der Waals surface area contributed by atoms with Gasteiger partial charge in [-0.2, -0.15) is 4.98 Å². The first kappa shape index (κ1) is 13.5. The number of aromatic nitrogens is 2. The molecule has 0 N–H and O–H groups in total. The van der Waals surface area contributed by atoms with Crippen molar-refractivity contribution < 1.29 is 14.1 Å². The smallest absolute Gasteiger partial charge is 0.323 e. The van der Waals surface area contributed by atoms with E-state index in [4.69, 9.17) is 9.26 Å². The van der Waals surface area contributed by atoms with Gasteiger partial charge in [0.15, 0.2) is 5.82 Å². The van der Waals surface area contributed by atoms with E-state index in [1.165, 1.54) is 0 Å². The molecule has 3 heterocycles. The number of nitrogens with zero attached hydrogens (tertiary/aromatic N) is 4. The molecule has 2 fully saturated rings. The summed E-state index contributed by atoms with van der Waals surface area (Å²) in [4.78, 5) is 20.4. The van der Waals surface area contributed by atoms with Gasteiger partial charge in [0, 0.05) is 33.0 Å². The fourth-order valence-electron chi connectivity index (χ4n) is 2.88. The Bertz CT molecular complexity index is 476. The Morgan fingerprint density at radius 2 is 2.20 bits per heavy atom. The third-order valence-electron chi connectivity index (χ3n) is 3.91. The highest BCUT2D eigenvalue weighted by Gasteiger charge is 2.33. The summed E-state index contributed by atoms with van der Waals surface area (Å²) >= 11 is 0. The number of esters is 1. The van der Waals surface area contributed by atoms with Crippen molar-refractivity contribution in [2.45, 2.75) is 32.4 Å². The van der Waals surface area contributed by atoms with Gasteiger partial charge < -0.3 is 9.26 Å². The van der Waals surface area contributed by atoms with Gasteiger partial charge in [0.2, 0.25) is 5.89 Å². The average Bonchev–Trinajstić information content (AvgIpc) is 2.95. The van der Waals surface area contributed by atoms with Crippen LogP contribution in [-0.2, 0) is 16.1 Å². The Morgan fingerprint density at radius 3 is 2.90 bits per heavy atom. The van der Waals surface area contributed by atoms with E-state index in [9.17, 15) is 4.79 Å². The molecule has 0 spiro atoms. The highest BCUT2D eigenvalue weighted by Crippen LogP contribution is 2.17. The molecule has 7 heteroatoms. The van der Waals surface area contributed by atoms with Crippen LogP contribution >= 0.6 is 0 Å². The van der Waals surface area contributed by atoms with E-state index < -0.39 is 0 Å². The summed E-state index contributed by atoms with van der Waals surface area (Å²) in [6.07, 6.45) is 1.86. The largest absolute Gasteiger partial charge is 0.464 e. The molecule has 1 atom stereocenters. The maximum atomic E-state index is 11.7. The zero-order chi connectivity index (χ0) is 13.9. The maximum Gasteiger partial charge on any atom is 0.323 e. The Labute approximate surface area is 117 Å². The minimum Gasteiger partial charge on any atom is -0.464 e. The molecule has 0 aromatic carbocycles. The predicted octanol–water partition coefficient (Wildman–Crippen LogP) is 0.201. The SMILES string of the molecule is Cc1nc(CN2CCCN(C3CCOC3=O)CC2)no1.